The van der Waals surface area contributed by atoms with Gasteiger partial charge in [-0.25, -0.2) is 9.97 Å². The van der Waals surface area contributed by atoms with E-state index >= 15 is 0 Å². The van der Waals surface area contributed by atoms with Gasteiger partial charge < -0.3 is 25.4 Å². The van der Waals surface area contributed by atoms with Gasteiger partial charge in [-0.3, -0.25) is 4.79 Å². The summed E-state index contributed by atoms with van der Waals surface area (Å²) in [6.45, 7) is 1.26. The Balaban J connectivity index is 1.88. The van der Waals surface area contributed by atoms with E-state index in [2.05, 4.69) is 31.8 Å². The molecule has 0 aliphatic carbocycles. The molecule has 0 bridgehead atoms. The molecule has 0 saturated heterocycles. The van der Waals surface area contributed by atoms with Crippen LogP contribution in [0.4, 0.5) is 17.2 Å². The van der Waals surface area contributed by atoms with Crippen LogP contribution in [0.1, 0.15) is 5.56 Å². The fraction of sp³-hybridized carbons (Fsp3) is 0.227. The minimum absolute atomic E-state index is 0.153. The van der Waals surface area contributed by atoms with E-state index in [1.165, 1.54) is 6.33 Å². The molecule has 0 aliphatic heterocycles. The lowest BCUT2D eigenvalue weighted by atomic mass is 10.1. The average molecular weight is 405 g/mol. The molecule has 8 heteroatoms. The molecule has 0 saturated carbocycles. The molecule has 30 heavy (non-hydrogen) atoms. The Morgan fingerprint density at radius 3 is 2.83 bits per heavy atom. The number of terminal acetylenes is 1. The van der Waals surface area contributed by atoms with Crippen LogP contribution in [-0.2, 0) is 9.53 Å². The zero-order chi connectivity index (χ0) is 21.3. The molecule has 0 atom stereocenters. The summed E-state index contributed by atoms with van der Waals surface area (Å²) in [5.41, 5.74) is 2.76. The molecule has 0 radical (unpaired) electrons. The number of fused-ring (bicyclic) bond motifs is 1. The first-order valence-corrected chi connectivity index (χ1v) is 9.30. The van der Waals surface area contributed by atoms with Crippen LogP contribution in [0.25, 0.3) is 10.9 Å². The number of ether oxygens (including phenoxy) is 2. The van der Waals surface area contributed by atoms with E-state index in [1.54, 1.807) is 26.4 Å². The maximum Gasteiger partial charge on any atom is 0.238 e. The molecule has 0 aliphatic rings. The Bertz CT molecular complexity index is 1080. The fourth-order valence-corrected chi connectivity index (χ4v) is 2.84. The van der Waals surface area contributed by atoms with Crippen molar-refractivity contribution in [3.63, 3.8) is 0 Å². The summed E-state index contributed by atoms with van der Waals surface area (Å²) >= 11 is 0. The average Bonchev–Trinajstić information content (AvgIpc) is 2.77. The minimum atomic E-state index is -0.197. The van der Waals surface area contributed by atoms with Crippen LogP contribution in [0, 0.1) is 12.3 Å². The Morgan fingerprint density at radius 1 is 1.20 bits per heavy atom. The maximum atomic E-state index is 12.3. The smallest absolute Gasteiger partial charge is 0.238 e. The molecular formula is C22H23N5O3. The fourth-order valence-electron chi connectivity index (χ4n) is 2.84. The van der Waals surface area contributed by atoms with Crippen molar-refractivity contribution in [3.05, 3.63) is 48.3 Å². The third-order valence-electron chi connectivity index (χ3n) is 4.29. The van der Waals surface area contributed by atoms with Crippen LogP contribution >= 0.6 is 0 Å². The number of hydrogen-bond donors (Lipinski definition) is 3. The van der Waals surface area contributed by atoms with Crippen LogP contribution in [0.3, 0.4) is 0 Å². The molecule has 0 fully saturated rings. The highest BCUT2D eigenvalue weighted by Gasteiger charge is 2.13. The second kappa shape index (κ2) is 10.2. The molecule has 3 aromatic rings. The molecule has 8 nitrogen and oxygen atoms in total. The van der Waals surface area contributed by atoms with E-state index in [4.69, 9.17) is 15.9 Å². The topological polar surface area (TPSA) is 97.4 Å². The molecule has 1 amide bonds. The van der Waals surface area contributed by atoms with E-state index in [0.29, 0.717) is 35.9 Å². The lowest BCUT2D eigenvalue weighted by molar-refractivity contribution is -0.115. The van der Waals surface area contributed by atoms with Gasteiger partial charge in [0.05, 0.1) is 31.5 Å². The van der Waals surface area contributed by atoms with Crippen molar-refractivity contribution in [3.8, 4) is 18.1 Å². The largest absolute Gasteiger partial charge is 0.494 e. The molecule has 154 valence electrons. The van der Waals surface area contributed by atoms with E-state index in [1.807, 2.05) is 24.3 Å². The van der Waals surface area contributed by atoms with Gasteiger partial charge >= 0.3 is 0 Å². The predicted molar refractivity (Wildman–Crippen MR) is 117 cm³/mol. The molecule has 2 aromatic carbocycles. The highest BCUT2D eigenvalue weighted by Crippen LogP contribution is 2.33. The maximum absolute atomic E-state index is 12.3. The highest BCUT2D eigenvalue weighted by molar-refractivity contribution is 6.00. The number of carbonyl (C=O) groups excluding carboxylic acids is 1. The SMILES string of the molecule is C#Cc1cccc(Nc2ncnc3cc(OC)c(NC(=O)CNCCOC)cc23)c1. The summed E-state index contributed by atoms with van der Waals surface area (Å²) in [6.07, 6.45) is 6.95. The number of rotatable bonds is 9. The van der Waals surface area contributed by atoms with Crippen LogP contribution < -0.4 is 20.7 Å². The van der Waals surface area contributed by atoms with Gasteiger partial charge in [0.2, 0.25) is 5.91 Å². The van der Waals surface area contributed by atoms with Crippen molar-refractivity contribution in [1.29, 1.82) is 0 Å². The molecule has 0 unspecified atom stereocenters. The quantitative estimate of drug-likeness (QED) is 0.372. The number of nitrogens with zero attached hydrogens (tertiary/aromatic N) is 2. The first-order valence-electron chi connectivity index (χ1n) is 9.30. The predicted octanol–water partition coefficient (Wildman–Crippen LogP) is 2.54. The zero-order valence-electron chi connectivity index (χ0n) is 16.9. The Hall–Kier alpha value is -3.67. The number of amides is 1. The third-order valence-corrected chi connectivity index (χ3v) is 4.29. The molecule has 3 rings (SSSR count). The van der Waals surface area contributed by atoms with Crippen molar-refractivity contribution in [2.75, 3.05) is 44.5 Å². The van der Waals surface area contributed by atoms with Gasteiger partial charge in [-0.15, -0.1) is 6.42 Å². The second-order valence-electron chi connectivity index (χ2n) is 6.36. The summed E-state index contributed by atoms with van der Waals surface area (Å²) in [6, 6.07) is 11.0. The van der Waals surface area contributed by atoms with Gasteiger partial charge in [-0.1, -0.05) is 12.0 Å². The highest BCUT2D eigenvalue weighted by atomic mass is 16.5. The van der Waals surface area contributed by atoms with Gasteiger partial charge in [0, 0.05) is 36.4 Å². The standard InChI is InChI=1S/C22H23N5O3/c1-4-15-6-5-7-16(10-15)26-22-17-11-19(27-21(28)13-23-8-9-29-2)20(30-3)12-18(17)24-14-25-22/h1,5-7,10-12,14,23H,8-9,13H2,2-3H3,(H,27,28)(H,24,25,26). The van der Waals surface area contributed by atoms with E-state index in [0.717, 1.165) is 16.6 Å². The zero-order valence-corrected chi connectivity index (χ0v) is 16.9. The van der Waals surface area contributed by atoms with Gasteiger partial charge in [0.15, 0.2) is 0 Å². The summed E-state index contributed by atoms with van der Waals surface area (Å²) in [7, 11) is 3.15. The number of benzene rings is 2. The van der Waals surface area contributed by atoms with E-state index in [9.17, 15) is 4.79 Å². The number of aromatic nitrogens is 2. The summed E-state index contributed by atoms with van der Waals surface area (Å²) in [5, 5.41) is 9.86. The molecule has 1 aromatic heterocycles. The van der Waals surface area contributed by atoms with Crippen LogP contribution in [0.2, 0.25) is 0 Å². The van der Waals surface area contributed by atoms with Crippen molar-refractivity contribution < 1.29 is 14.3 Å². The number of anilines is 3. The lowest BCUT2D eigenvalue weighted by Gasteiger charge is -2.14. The van der Waals surface area contributed by atoms with Gasteiger partial charge in [-0.05, 0) is 24.3 Å². The molecular weight excluding hydrogens is 382 g/mol. The van der Waals surface area contributed by atoms with Gasteiger partial charge in [0.1, 0.15) is 17.9 Å². The van der Waals surface area contributed by atoms with E-state index in [-0.39, 0.29) is 12.5 Å². The summed E-state index contributed by atoms with van der Waals surface area (Å²) < 4.78 is 10.4. The van der Waals surface area contributed by atoms with Crippen LogP contribution in [0.15, 0.2) is 42.7 Å². The Labute approximate surface area is 175 Å². The number of nitrogens with one attached hydrogen (secondary N) is 3. The summed E-state index contributed by atoms with van der Waals surface area (Å²) in [5.74, 6) is 3.51. The van der Waals surface area contributed by atoms with Crippen molar-refractivity contribution in [1.82, 2.24) is 15.3 Å². The van der Waals surface area contributed by atoms with Crippen molar-refractivity contribution in [2.45, 2.75) is 0 Å². The van der Waals surface area contributed by atoms with Crippen molar-refractivity contribution >= 4 is 34.0 Å². The van der Waals surface area contributed by atoms with E-state index < -0.39 is 0 Å². The third kappa shape index (κ3) is 5.23. The Kier molecular flexibility index (Phi) is 7.16. The molecule has 0 spiro atoms. The normalized spacial score (nSPS) is 10.4. The number of hydrogen-bond acceptors (Lipinski definition) is 7. The summed E-state index contributed by atoms with van der Waals surface area (Å²) in [4.78, 5) is 21.0. The van der Waals surface area contributed by atoms with Crippen molar-refractivity contribution in [2.24, 2.45) is 0 Å². The number of carbonyl (C=O) groups is 1. The lowest BCUT2D eigenvalue weighted by Crippen LogP contribution is -2.30. The van der Waals surface area contributed by atoms with Crippen LogP contribution in [0.5, 0.6) is 5.75 Å². The number of methoxy groups -OCH3 is 2. The first kappa shape index (κ1) is 21.0. The minimum Gasteiger partial charge on any atom is -0.494 e. The Morgan fingerprint density at radius 2 is 2.07 bits per heavy atom. The van der Waals surface area contributed by atoms with Crippen LogP contribution in [-0.4, -0.2) is 49.8 Å². The van der Waals surface area contributed by atoms with Gasteiger partial charge in [-0.2, -0.15) is 0 Å². The second-order valence-corrected chi connectivity index (χ2v) is 6.36. The van der Waals surface area contributed by atoms with Gasteiger partial charge in [0.25, 0.3) is 0 Å². The first-order chi connectivity index (χ1) is 14.6. The molecule has 3 N–H and O–H groups in total. The monoisotopic (exact) mass is 405 g/mol. The molecule has 1 heterocycles.